The quantitative estimate of drug-likeness (QED) is 0.592. The molecule has 1 aliphatic rings. The van der Waals surface area contributed by atoms with Crippen LogP contribution in [0, 0.1) is 0 Å². The lowest BCUT2D eigenvalue weighted by atomic mass is 10.0. The molecule has 0 spiro atoms. The van der Waals surface area contributed by atoms with Crippen molar-refractivity contribution in [1.82, 2.24) is 9.21 Å². The van der Waals surface area contributed by atoms with Gasteiger partial charge in [-0.05, 0) is 43.4 Å². The lowest BCUT2D eigenvalue weighted by Gasteiger charge is -2.38. The van der Waals surface area contributed by atoms with Crippen LogP contribution in [-0.2, 0) is 21.2 Å². The summed E-state index contributed by atoms with van der Waals surface area (Å²) in [5.41, 5.74) is 8.30. The maximum Gasteiger partial charge on any atom is 0.240 e. The Labute approximate surface area is 192 Å². The van der Waals surface area contributed by atoms with E-state index in [9.17, 15) is 13.2 Å². The molecule has 1 aliphatic heterocycles. The van der Waals surface area contributed by atoms with Crippen LogP contribution >= 0.6 is 0 Å². The number of carbonyl (C=O) groups excluding carboxylic acids is 1. The van der Waals surface area contributed by atoms with Crippen LogP contribution < -0.4 is 5.73 Å². The average molecular weight is 458 g/mol. The van der Waals surface area contributed by atoms with Crippen LogP contribution in [-0.4, -0.2) is 55.0 Å². The predicted molar refractivity (Wildman–Crippen MR) is 129 cm³/mol. The highest BCUT2D eigenvalue weighted by atomic mass is 32.2. The molecule has 174 valence electrons. The Hall–Kier alpha value is -2.22. The van der Waals surface area contributed by atoms with Crippen LogP contribution in [0.25, 0.3) is 0 Å². The summed E-state index contributed by atoms with van der Waals surface area (Å²) in [6, 6.07) is 19.1. The number of likely N-dealkylation sites (tertiary alicyclic amines) is 1. The van der Waals surface area contributed by atoms with E-state index in [-0.39, 0.29) is 30.2 Å². The second-order valence-electron chi connectivity index (χ2n) is 8.55. The van der Waals surface area contributed by atoms with E-state index in [0.29, 0.717) is 19.3 Å². The summed E-state index contributed by atoms with van der Waals surface area (Å²) < 4.78 is 27.2. The van der Waals surface area contributed by atoms with E-state index < -0.39 is 10.0 Å². The van der Waals surface area contributed by atoms with Gasteiger partial charge in [0.05, 0.1) is 18.2 Å². The molecule has 1 heterocycles. The van der Waals surface area contributed by atoms with E-state index in [1.807, 2.05) is 67.6 Å². The van der Waals surface area contributed by atoms with Gasteiger partial charge in [-0.1, -0.05) is 67.6 Å². The van der Waals surface area contributed by atoms with Gasteiger partial charge in [-0.2, -0.15) is 0 Å². The Morgan fingerprint density at radius 3 is 2.25 bits per heavy atom. The monoisotopic (exact) mass is 457 g/mol. The molecule has 3 rings (SSSR count). The summed E-state index contributed by atoms with van der Waals surface area (Å²) in [7, 11) is -3.63. The molecule has 7 heteroatoms. The number of benzene rings is 2. The van der Waals surface area contributed by atoms with E-state index in [1.54, 1.807) is 0 Å². The highest BCUT2D eigenvalue weighted by Crippen LogP contribution is 2.23. The van der Waals surface area contributed by atoms with Gasteiger partial charge < -0.3 is 10.6 Å². The van der Waals surface area contributed by atoms with Crippen LogP contribution in [0.4, 0.5) is 0 Å². The molecule has 1 fully saturated rings. The van der Waals surface area contributed by atoms with E-state index in [0.717, 1.165) is 37.2 Å². The van der Waals surface area contributed by atoms with Crippen molar-refractivity contribution in [3.8, 4) is 0 Å². The maximum atomic E-state index is 13.1. The topological polar surface area (TPSA) is 83.7 Å². The summed E-state index contributed by atoms with van der Waals surface area (Å²) in [6.45, 7) is 4.23. The zero-order chi connectivity index (χ0) is 23.0. The molecule has 1 atom stereocenters. The van der Waals surface area contributed by atoms with Gasteiger partial charge in [0.25, 0.3) is 0 Å². The molecule has 0 unspecified atom stereocenters. The molecule has 0 radical (unpaired) electrons. The first kappa shape index (κ1) is 24.4. The third kappa shape index (κ3) is 6.64. The minimum Gasteiger partial charge on any atom is -0.324 e. The largest absolute Gasteiger partial charge is 0.324 e. The summed E-state index contributed by atoms with van der Waals surface area (Å²) in [5, 5.41) is 0. The Morgan fingerprint density at radius 1 is 1.06 bits per heavy atom. The first-order valence-corrected chi connectivity index (χ1v) is 13.1. The van der Waals surface area contributed by atoms with Gasteiger partial charge >= 0.3 is 0 Å². The van der Waals surface area contributed by atoms with Crippen LogP contribution in [0.5, 0.6) is 0 Å². The molecule has 1 amide bonds. The normalized spacial score (nSPS) is 16.6. The summed E-state index contributed by atoms with van der Waals surface area (Å²) in [5.74, 6) is -0.325. The first-order chi connectivity index (χ1) is 15.4. The molecule has 2 aromatic carbocycles. The Kier molecular flexibility index (Phi) is 8.84. The fourth-order valence-electron chi connectivity index (χ4n) is 4.36. The van der Waals surface area contributed by atoms with Crippen molar-refractivity contribution < 1.29 is 13.2 Å². The standard InChI is InChI=1S/C25H35N3O3S/c1-2-19-32(30,31)28(25(29)20-21-9-5-3-6-10-21)23-13-16-27(17-14-23)18-15-24(26)22-11-7-4-8-12-22/h3-12,23-24H,2,13-20,26H2,1H3/t24-/m0/s1. The third-order valence-electron chi connectivity index (χ3n) is 6.08. The lowest BCUT2D eigenvalue weighted by molar-refractivity contribution is -0.127. The number of hydrogen-bond acceptors (Lipinski definition) is 5. The van der Waals surface area contributed by atoms with Gasteiger partial charge in [0.1, 0.15) is 0 Å². The van der Waals surface area contributed by atoms with Gasteiger partial charge in [0, 0.05) is 19.1 Å². The molecule has 2 aromatic rings. The number of amides is 1. The van der Waals surface area contributed by atoms with Gasteiger partial charge in [-0.25, -0.2) is 12.7 Å². The Bertz CT molecular complexity index is 943. The minimum absolute atomic E-state index is 0.000324. The predicted octanol–water partition coefficient (Wildman–Crippen LogP) is 3.35. The van der Waals surface area contributed by atoms with E-state index in [4.69, 9.17) is 5.73 Å². The fourth-order valence-corrected chi connectivity index (χ4v) is 6.11. The molecule has 32 heavy (non-hydrogen) atoms. The number of nitrogens with zero attached hydrogens (tertiary/aromatic N) is 2. The first-order valence-electron chi connectivity index (χ1n) is 11.5. The molecular weight excluding hydrogens is 422 g/mol. The zero-order valence-corrected chi connectivity index (χ0v) is 19.7. The molecule has 0 bridgehead atoms. The van der Waals surface area contributed by atoms with Crippen molar-refractivity contribution in [2.75, 3.05) is 25.4 Å². The number of nitrogens with two attached hydrogens (primary N) is 1. The van der Waals surface area contributed by atoms with Crippen molar-refractivity contribution in [2.45, 2.75) is 51.1 Å². The van der Waals surface area contributed by atoms with Crippen molar-refractivity contribution in [3.63, 3.8) is 0 Å². The lowest BCUT2D eigenvalue weighted by Crippen LogP contribution is -2.51. The van der Waals surface area contributed by atoms with Gasteiger partial charge in [-0.3, -0.25) is 4.79 Å². The van der Waals surface area contributed by atoms with E-state index in [2.05, 4.69) is 4.90 Å². The minimum atomic E-state index is -3.63. The van der Waals surface area contributed by atoms with Crippen LogP contribution in [0.15, 0.2) is 60.7 Å². The van der Waals surface area contributed by atoms with Crippen LogP contribution in [0.1, 0.15) is 49.8 Å². The molecule has 2 N–H and O–H groups in total. The number of piperidine rings is 1. The molecule has 0 saturated carbocycles. The van der Waals surface area contributed by atoms with Crippen molar-refractivity contribution in [2.24, 2.45) is 5.73 Å². The molecule has 6 nitrogen and oxygen atoms in total. The fraction of sp³-hybridized carbons (Fsp3) is 0.480. The maximum absolute atomic E-state index is 13.1. The van der Waals surface area contributed by atoms with Crippen LogP contribution in [0.2, 0.25) is 0 Å². The number of carbonyl (C=O) groups is 1. The molecule has 0 aromatic heterocycles. The number of rotatable bonds is 10. The summed E-state index contributed by atoms with van der Waals surface area (Å²) in [4.78, 5) is 15.4. The van der Waals surface area contributed by atoms with Gasteiger partial charge in [-0.15, -0.1) is 0 Å². The van der Waals surface area contributed by atoms with Crippen molar-refractivity contribution in [3.05, 3.63) is 71.8 Å². The van der Waals surface area contributed by atoms with Crippen molar-refractivity contribution in [1.29, 1.82) is 0 Å². The highest BCUT2D eigenvalue weighted by molar-refractivity contribution is 7.89. The third-order valence-corrected chi connectivity index (χ3v) is 8.10. The second-order valence-corrected chi connectivity index (χ2v) is 10.5. The SMILES string of the molecule is CCCS(=O)(=O)N(C(=O)Cc1ccccc1)C1CCN(CC[C@H](N)c2ccccc2)CC1. The van der Waals surface area contributed by atoms with E-state index >= 15 is 0 Å². The van der Waals surface area contributed by atoms with Crippen molar-refractivity contribution >= 4 is 15.9 Å². The Morgan fingerprint density at radius 2 is 1.66 bits per heavy atom. The number of sulfonamides is 1. The van der Waals surface area contributed by atoms with Crippen LogP contribution in [0.3, 0.4) is 0 Å². The Balaban J connectivity index is 1.60. The van der Waals surface area contributed by atoms with E-state index in [1.165, 1.54) is 4.31 Å². The van der Waals surface area contributed by atoms with Gasteiger partial charge in [0.15, 0.2) is 0 Å². The summed E-state index contributed by atoms with van der Waals surface area (Å²) >= 11 is 0. The number of hydrogen-bond donors (Lipinski definition) is 1. The average Bonchev–Trinajstić information content (AvgIpc) is 2.79. The molecule has 1 saturated heterocycles. The second kappa shape index (κ2) is 11.6. The summed E-state index contributed by atoms with van der Waals surface area (Å²) in [6.07, 6.45) is 2.76. The smallest absolute Gasteiger partial charge is 0.240 e. The molecule has 0 aliphatic carbocycles. The molecular formula is C25H35N3O3S. The highest BCUT2D eigenvalue weighted by Gasteiger charge is 2.35. The zero-order valence-electron chi connectivity index (χ0n) is 18.9. The van der Waals surface area contributed by atoms with Gasteiger partial charge in [0.2, 0.25) is 15.9 Å².